The van der Waals surface area contributed by atoms with Crippen LogP contribution in [-0.2, 0) is 22.6 Å². The van der Waals surface area contributed by atoms with Crippen LogP contribution >= 0.6 is 11.6 Å². The minimum absolute atomic E-state index is 0.122. The molecule has 1 saturated carbocycles. The van der Waals surface area contributed by atoms with Crippen molar-refractivity contribution in [2.75, 3.05) is 6.61 Å². The van der Waals surface area contributed by atoms with E-state index in [0.717, 1.165) is 36.8 Å². The number of carbonyl (C=O) groups is 2. The number of hydrogen-bond acceptors (Lipinski definition) is 3. The van der Waals surface area contributed by atoms with Crippen LogP contribution in [0.4, 0.5) is 0 Å². The molecule has 1 fully saturated rings. The number of nitrogens with zero attached hydrogens (tertiary/aromatic N) is 1. The lowest BCUT2D eigenvalue weighted by atomic mass is 10.0. The maximum Gasteiger partial charge on any atom is 0.261 e. The van der Waals surface area contributed by atoms with Gasteiger partial charge >= 0.3 is 0 Å². The Labute approximate surface area is 212 Å². The molecule has 0 aliphatic heterocycles. The van der Waals surface area contributed by atoms with Crippen molar-refractivity contribution in [3.63, 3.8) is 0 Å². The summed E-state index contributed by atoms with van der Waals surface area (Å²) in [4.78, 5) is 28.8. The van der Waals surface area contributed by atoms with Crippen LogP contribution < -0.4 is 10.1 Å². The van der Waals surface area contributed by atoms with Gasteiger partial charge < -0.3 is 15.0 Å². The van der Waals surface area contributed by atoms with E-state index in [1.165, 1.54) is 0 Å². The Hall–Kier alpha value is -3.31. The third-order valence-corrected chi connectivity index (χ3v) is 6.67. The number of para-hydroxylation sites is 1. The Morgan fingerprint density at radius 1 is 0.886 bits per heavy atom. The lowest BCUT2D eigenvalue weighted by Gasteiger charge is -2.32. The number of carbonyl (C=O) groups excluding carboxylic acids is 2. The molecule has 0 heterocycles. The Morgan fingerprint density at radius 2 is 1.49 bits per heavy atom. The van der Waals surface area contributed by atoms with Crippen molar-refractivity contribution in [1.82, 2.24) is 10.2 Å². The van der Waals surface area contributed by atoms with Gasteiger partial charge in [0.2, 0.25) is 5.91 Å². The predicted molar refractivity (Wildman–Crippen MR) is 138 cm³/mol. The molecule has 3 aromatic rings. The topological polar surface area (TPSA) is 58.6 Å². The Morgan fingerprint density at radius 3 is 2.14 bits per heavy atom. The Balaban J connectivity index is 1.60. The van der Waals surface area contributed by atoms with Gasteiger partial charge in [-0.2, -0.15) is 0 Å². The third kappa shape index (κ3) is 7.09. The molecule has 0 spiro atoms. The zero-order valence-electron chi connectivity index (χ0n) is 19.7. The highest BCUT2D eigenvalue weighted by Crippen LogP contribution is 2.24. The molecule has 1 atom stereocenters. The molecule has 1 aliphatic carbocycles. The summed E-state index contributed by atoms with van der Waals surface area (Å²) in [6.07, 6.45) is 4.61. The fraction of sp³-hybridized carbons (Fsp3) is 0.310. The van der Waals surface area contributed by atoms with Crippen molar-refractivity contribution in [2.45, 2.75) is 50.7 Å². The molecule has 35 heavy (non-hydrogen) atoms. The zero-order valence-corrected chi connectivity index (χ0v) is 20.5. The van der Waals surface area contributed by atoms with Crippen molar-refractivity contribution in [1.29, 1.82) is 0 Å². The zero-order chi connectivity index (χ0) is 24.5. The molecule has 0 radical (unpaired) electrons. The Bertz CT molecular complexity index is 1100. The summed E-state index contributed by atoms with van der Waals surface area (Å²) in [5.74, 6) is 0.0521. The van der Waals surface area contributed by atoms with E-state index in [-0.39, 0.29) is 24.5 Å². The van der Waals surface area contributed by atoms with E-state index in [1.807, 2.05) is 66.7 Å². The van der Waals surface area contributed by atoms with E-state index in [0.29, 0.717) is 23.7 Å². The van der Waals surface area contributed by atoms with Crippen molar-refractivity contribution in [3.8, 4) is 5.75 Å². The first-order chi connectivity index (χ1) is 17.1. The van der Waals surface area contributed by atoms with Crippen LogP contribution in [0.15, 0.2) is 84.9 Å². The van der Waals surface area contributed by atoms with Crippen LogP contribution in [0, 0.1) is 0 Å². The number of benzene rings is 3. The predicted octanol–water partition coefficient (Wildman–Crippen LogP) is 5.42. The van der Waals surface area contributed by atoms with Crippen molar-refractivity contribution in [2.24, 2.45) is 0 Å². The van der Waals surface area contributed by atoms with Crippen molar-refractivity contribution in [3.05, 3.63) is 101 Å². The number of amides is 2. The molecule has 4 rings (SSSR count). The number of hydrogen-bond donors (Lipinski definition) is 1. The molecule has 0 aromatic heterocycles. The molecular formula is C29H31ClN2O3. The van der Waals surface area contributed by atoms with Gasteiger partial charge in [0.25, 0.3) is 5.91 Å². The van der Waals surface area contributed by atoms with Crippen LogP contribution in [0.3, 0.4) is 0 Å². The molecule has 1 unspecified atom stereocenters. The second-order valence-corrected chi connectivity index (χ2v) is 9.33. The van der Waals surface area contributed by atoms with Crippen molar-refractivity contribution >= 4 is 23.4 Å². The number of halogens is 1. The molecule has 0 saturated heterocycles. The highest BCUT2D eigenvalue weighted by molar-refractivity contribution is 6.32. The van der Waals surface area contributed by atoms with Gasteiger partial charge in [-0.3, -0.25) is 9.59 Å². The smallest absolute Gasteiger partial charge is 0.261 e. The number of nitrogens with one attached hydrogen (secondary N) is 1. The molecule has 5 nitrogen and oxygen atoms in total. The van der Waals surface area contributed by atoms with E-state index in [2.05, 4.69) is 5.32 Å². The first kappa shape index (κ1) is 24.8. The fourth-order valence-electron chi connectivity index (χ4n) is 4.49. The van der Waals surface area contributed by atoms with E-state index in [9.17, 15) is 9.59 Å². The quantitative estimate of drug-likeness (QED) is 0.413. The van der Waals surface area contributed by atoms with Crippen LogP contribution in [0.25, 0.3) is 0 Å². The van der Waals surface area contributed by atoms with Crippen LogP contribution in [0.5, 0.6) is 5.75 Å². The van der Waals surface area contributed by atoms with Crippen LogP contribution in [0.1, 0.15) is 36.8 Å². The average Bonchev–Trinajstić information content (AvgIpc) is 3.39. The van der Waals surface area contributed by atoms with Gasteiger partial charge in [-0.15, -0.1) is 0 Å². The summed E-state index contributed by atoms with van der Waals surface area (Å²) in [6.45, 7) is 0.0969. The van der Waals surface area contributed by atoms with Gasteiger partial charge in [0.1, 0.15) is 11.8 Å². The third-order valence-electron chi connectivity index (χ3n) is 6.36. The summed E-state index contributed by atoms with van der Waals surface area (Å²) in [5.41, 5.74) is 1.95. The summed E-state index contributed by atoms with van der Waals surface area (Å²) < 4.78 is 5.78. The van der Waals surface area contributed by atoms with E-state index >= 15 is 0 Å². The largest absolute Gasteiger partial charge is 0.482 e. The van der Waals surface area contributed by atoms with Crippen molar-refractivity contribution < 1.29 is 14.3 Å². The minimum atomic E-state index is -0.666. The molecule has 1 N–H and O–H groups in total. The highest BCUT2D eigenvalue weighted by atomic mass is 35.5. The van der Waals surface area contributed by atoms with Gasteiger partial charge in [-0.1, -0.05) is 97.2 Å². The minimum Gasteiger partial charge on any atom is -0.482 e. The lowest BCUT2D eigenvalue weighted by molar-refractivity contribution is -0.143. The summed E-state index contributed by atoms with van der Waals surface area (Å²) in [6, 6.07) is 26.1. The summed E-state index contributed by atoms with van der Waals surface area (Å²) in [5, 5.41) is 3.65. The van der Waals surface area contributed by atoms with Gasteiger partial charge in [0.05, 0.1) is 5.02 Å². The fourth-order valence-corrected chi connectivity index (χ4v) is 4.68. The van der Waals surface area contributed by atoms with Crippen LogP contribution in [0.2, 0.25) is 5.02 Å². The first-order valence-corrected chi connectivity index (χ1v) is 12.5. The molecule has 182 valence electrons. The number of ether oxygens (including phenoxy) is 1. The van der Waals surface area contributed by atoms with Gasteiger partial charge in [-0.25, -0.2) is 0 Å². The maximum atomic E-state index is 13.6. The molecule has 1 aliphatic rings. The molecular weight excluding hydrogens is 460 g/mol. The van der Waals surface area contributed by atoms with Gasteiger partial charge in [-0.05, 0) is 36.1 Å². The summed E-state index contributed by atoms with van der Waals surface area (Å²) >= 11 is 6.22. The summed E-state index contributed by atoms with van der Waals surface area (Å²) in [7, 11) is 0. The SMILES string of the molecule is O=C(NC1CCCC1)C(Cc1ccccc1)N(Cc1ccccc1)C(=O)COc1ccccc1Cl. The maximum absolute atomic E-state index is 13.6. The van der Waals surface area contributed by atoms with E-state index < -0.39 is 6.04 Å². The monoisotopic (exact) mass is 490 g/mol. The normalized spacial score (nSPS) is 14.3. The second-order valence-electron chi connectivity index (χ2n) is 8.92. The molecule has 6 heteroatoms. The Kier molecular flexibility index (Phi) is 8.79. The highest BCUT2D eigenvalue weighted by Gasteiger charge is 2.32. The number of rotatable bonds is 10. The van der Waals surface area contributed by atoms with Crippen LogP contribution in [-0.4, -0.2) is 35.4 Å². The molecule has 2 amide bonds. The first-order valence-electron chi connectivity index (χ1n) is 12.1. The van der Waals surface area contributed by atoms with E-state index in [1.54, 1.807) is 23.1 Å². The molecule has 3 aromatic carbocycles. The van der Waals surface area contributed by atoms with Gasteiger partial charge in [0.15, 0.2) is 6.61 Å². The second kappa shape index (κ2) is 12.4. The standard InChI is InChI=1S/C29H31ClN2O3/c30-25-17-9-10-18-27(25)35-21-28(33)32(20-23-13-5-2-6-14-23)26(19-22-11-3-1-4-12-22)29(34)31-24-15-7-8-16-24/h1-6,9-14,17-18,24,26H,7-8,15-16,19-21H2,(H,31,34). The van der Waals surface area contributed by atoms with E-state index in [4.69, 9.17) is 16.3 Å². The van der Waals surface area contributed by atoms with Gasteiger partial charge in [0, 0.05) is 19.0 Å². The average molecular weight is 491 g/mol. The molecule has 0 bridgehead atoms. The lowest BCUT2D eigenvalue weighted by Crippen LogP contribution is -2.53.